The van der Waals surface area contributed by atoms with E-state index in [0.717, 1.165) is 19.4 Å². The molecule has 0 aromatic carbocycles. The van der Waals surface area contributed by atoms with Gasteiger partial charge < -0.3 is 10.0 Å². The molecule has 0 amide bonds. The molecular formula is C11H23NO2. The number of nitrogens with zero attached hydrogens (tertiary/aromatic N) is 1. The zero-order valence-electron chi connectivity index (χ0n) is 9.79. The lowest BCUT2D eigenvalue weighted by Crippen LogP contribution is -2.34. The molecule has 0 aromatic rings. The molecule has 1 unspecified atom stereocenters. The Labute approximate surface area is 87.1 Å². The predicted molar refractivity (Wildman–Crippen MR) is 58.4 cm³/mol. The Kier molecular flexibility index (Phi) is 6.54. The van der Waals surface area contributed by atoms with Crippen LogP contribution in [0.15, 0.2) is 0 Å². The van der Waals surface area contributed by atoms with Crippen LogP contribution in [-0.4, -0.2) is 35.6 Å². The van der Waals surface area contributed by atoms with E-state index in [1.807, 2.05) is 14.0 Å². The van der Waals surface area contributed by atoms with Gasteiger partial charge in [-0.1, -0.05) is 20.8 Å². The van der Waals surface area contributed by atoms with E-state index in [0.29, 0.717) is 5.92 Å². The molecule has 0 spiro atoms. The van der Waals surface area contributed by atoms with E-state index in [9.17, 15) is 4.79 Å². The number of aliphatic carboxylic acids is 1. The first-order valence-corrected chi connectivity index (χ1v) is 5.39. The molecule has 14 heavy (non-hydrogen) atoms. The van der Waals surface area contributed by atoms with Crippen LogP contribution in [0.1, 0.15) is 40.0 Å². The molecule has 1 N–H and O–H groups in total. The number of rotatable bonds is 7. The van der Waals surface area contributed by atoms with Crippen molar-refractivity contribution in [3.8, 4) is 0 Å². The summed E-state index contributed by atoms with van der Waals surface area (Å²) in [6.07, 6.45) is 2.29. The second-order valence-electron chi connectivity index (χ2n) is 4.32. The molecule has 3 heteroatoms. The molecule has 0 aromatic heterocycles. The van der Waals surface area contributed by atoms with E-state index < -0.39 is 5.97 Å². The van der Waals surface area contributed by atoms with Gasteiger partial charge in [0, 0.05) is 6.04 Å². The average Bonchev–Trinajstić information content (AvgIpc) is 2.09. The average molecular weight is 201 g/mol. The van der Waals surface area contributed by atoms with Crippen molar-refractivity contribution in [3.63, 3.8) is 0 Å². The fourth-order valence-corrected chi connectivity index (χ4v) is 1.46. The van der Waals surface area contributed by atoms with E-state index in [4.69, 9.17) is 5.11 Å². The highest BCUT2D eigenvalue weighted by Gasteiger charge is 2.15. The summed E-state index contributed by atoms with van der Waals surface area (Å²) in [4.78, 5) is 12.7. The molecule has 0 radical (unpaired) electrons. The second-order valence-corrected chi connectivity index (χ2v) is 4.32. The lowest BCUT2D eigenvalue weighted by molar-refractivity contribution is -0.138. The predicted octanol–water partition coefficient (Wildman–Crippen LogP) is 2.22. The molecule has 0 aliphatic rings. The SMILES string of the molecule is CCC(CC(=O)O)N(C)CCC(C)C. The standard InChI is InChI=1S/C11H23NO2/c1-5-10(8-11(13)14)12(4)7-6-9(2)3/h9-10H,5-8H2,1-4H3,(H,13,14). The highest BCUT2D eigenvalue weighted by atomic mass is 16.4. The van der Waals surface area contributed by atoms with Crippen LogP contribution in [0.3, 0.4) is 0 Å². The lowest BCUT2D eigenvalue weighted by Gasteiger charge is -2.26. The van der Waals surface area contributed by atoms with Crippen LogP contribution >= 0.6 is 0 Å². The number of carboxylic acid groups (broad SMARTS) is 1. The molecule has 0 heterocycles. The normalized spacial score (nSPS) is 13.6. The molecule has 0 aliphatic carbocycles. The summed E-state index contributed by atoms with van der Waals surface area (Å²) >= 11 is 0. The van der Waals surface area contributed by atoms with Gasteiger partial charge in [0.05, 0.1) is 6.42 Å². The zero-order valence-corrected chi connectivity index (χ0v) is 9.79. The Balaban J connectivity index is 3.90. The number of carboxylic acids is 1. The fourth-order valence-electron chi connectivity index (χ4n) is 1.46. The maximum atomic E-state index is 10.6. The van der Waals surface area contributed by atoms with E-state index in [2.05, 4.69) is 18.7 Å². The molecule has 0 rings (SSSR count). The van der Waals surface area contributed by atoms with Crippen LogP contribution < -0.4 is 0 Å². The monoisotopic (exact) mass is 201 g/mol. The van der Waals surface area contributed by atoms with Crippen molar-refractivity contribution in [2.24, 2.45) is 5.92 Å². The van der Waals surface area contributed by atoms with Crippen molar-refractivity contribution in [1.29, 1.82) is 0 Å². The first kappa shape index (κ1) is 13.4. The highest BCUT2D eigenvalue weighted by molar-refractivity contribution is 5.67. The Morgan fingerprint density at radius 3 is 2.36 bits per heavy atom. The van der Waals surface area contributed by atoms with E-state index >= 15 is 0 Å². The molecule has 3 nitrogen and oxygen atoms in total. The van der Waals surface area contributed by atoms with Gasteiger partial charge in [0.2, 0.25) is 0 Å². The molecule has 0 aliphatic heterocycles. The number of hydrogen-bond donors (Lipinski definition) is 1. The number of hydrogen-bond acceptors (Lipinski definition) is 2. The summed E-state index contributed by atoms with van der Waals surface area (Å²) in [5.41, 5.74) is 0. The third-order valence-corrected chi connectivity index (χ3v) is 2.56. The van der Waals surface area contributed by atoms with Gasteiger partial charge in [0.25, 0.3) is 0 Å². The van der Waals surface area contributed by atoms with Gasteiger partial charge >= 0.3 is 5.97 Å². The first-order valence-electron chi connectivity index (χ1n) is 5.39. The zero-order chi connectivity index (χ0) is 11.1. The first-order chi connectivity index (χ1) is 6.47. The maximum absolute atomic E-state index is 10.6. The van der Waals surface area contributed by atoms with Gasteiger partial charge in [-0.3, -0.25) is 4.79 Å². The maximum Gasteiger partial charge on any atom is 0.304 e. The molecule has 1 atom stereocenters. The molecular weight excluding hydrogens is 178 g/mol. The minimum atomic E-state index is -0.701. The molecule has 0 saturated carbocycles. The van der Waals surface area contributed by atoms with Crippen molar-refractivity contribution >= 4 is 5.97 Å². The van der Waals surface area contributed by atoms with Gasteiger partial charge in [-0.05, 0) is 32.4 Å². The second kappa shape index (κ2) is 6.82. The summed E-state index contributed by atoms with van der Waals surface area (Å²) < 4.78 is 0. The van der Waals surface area contributed by atoms with Crippen molar-refractivity contribution in [1.82, 2.24) is 4.90 Å². The van der Waals surface area contributed by atoms with E-state index in [-0.39, 0.29) is 12.5 Å². The smallest absolute Gasteiger partial charge is 0.304 e. The van der Waals surface area contributed by atoms with Crippen LogP contribution in [0.25, 0.3) is 0 Å². The van der Waals surface area contributed by atoms with Crippen LogP contribution in [0.4, 0.5) is 0 Å². The van der Waals surface area contributed by atoms with Gasteiger partial charge in [-0.15, -0.1) is 0 Å². The third-order valence-electron chi connectivity index (χ3n) is 2.56. The molecule has 0 fully saturated rings. The van der Waals surface area contributed by atoms with Gasteiger partial charge in [-0.25, -0.2) is 0 Å². The third kappa shape index (κ3) is 5.97. The highest BCUT2D eigenvalue weighted by Crippen LogP contribution is 2.09. The lowest BCUT2D eigenvalue weighted by atomic mass is 10.1. The minimum Gasteiger partial charge on any atom is -0.481 e. The Hall–Kier alpha value is -0.570. The van der Waals surface area contributed by atoms with Crippen molar-refractivity contribution in [2.45, 2.75) is 46.1 Å². The quantitative estimate of drug-likeness (QED) is 0.686. The van der Waals surface area contributed by atoms with Crippen LogP contribution in [0.2, 0.25) is 0 Å². The topological polar surface area (TPSA) is 40.5 Å². The van der Waals surface area contributed by atoms with Crippen LogP contribution in [0.5, 0.6) is 0 Å². The van der Waals surface area contributed by atoms with Crippen LogP contribution in [-0.2, 0) is 4.79 Å². The summed E-state index contributed by atoms with van der Waals surface area (Å²) in [6, 6.07) is 0.186. The van der Waals surface area contributed by atoms with Gasteiger partial charge in [0.1, 0.15) is 0 Å². The summed E-state index contributed by atoms with van der Waals surface area (Å²) in [7, 11) is 2.01. The van der Waals surface area contributed by atoms with Gasteiger partial charge in [-0.2, -0.15) is 0 Å². The Bertz CT molecular complexity index is 169. The molecule has 0 saturated heterocycles. The number of carbonyl (C=O) groups is 1. The fraction of sp³-hybridized carbons (Fsp3) is 0.909. The Morgan fingerprint density at radius 2 is 2.00 bits per heavy atom. The van der Waals surface area contributed by atoms with Gasteiger partial charge in [0.15, 0.2) is 0 Å². The van der Waals surface area contributed by atoms with E-state index in [1.54, 1.807) is 0 Å². The van der Waals surface area contributed by atoms with Crippen molar-refractivity contribution < 1.29 is 9.90 Å². The van der Waals surface area contributed by atoms with Crippen LogP contribution in [0, 0.1) is 5.92 Å². The molecule has 84 valence electrons. The summed E-state index contributed by atoms with van der Waals surface area (Å²) in [5, 5.41) is 8.71. The summed E-state index contributed by atoms with van der Waals surface area (Å²) in [6.45, 7) is 7.40. The Morgan fingerprint density at radius 1 is 1.43 bits per heavy atom. The largest absolute Gasteiger partial charge is 0.481 e. The van der Waals surface area contributed by atoms with Crippen molar-refractivity contribution in [3.05, 3.63) is 0 Å². The minimum absolute atomic E-state index is 0.186. The van der Waals surface area contributed by atoms with E-state index in [1.165, 1.54) is 0 Å². The molecule has 0 bridgehead atoms. The van der Waals surface area contributed by atoms with Crippen molar-refractivity contribution in [2.75, 3.05) is 13.6 Å². The summed E-state index contributed by atoms with van der Waals surface area (Å²) in [5.74, 6) is -0.0203.